The molecule has 138 valence electrons. The fourth-order valence-electron chi connectivity index (χ4n) is 2.86. The van der Waals surface area contributed by atoms with Gasteiger partial charge in [-0.3, -0.25) is 19.0 Å². The Balaban J connectivity index is 1.64. The van der Waals surface area contributed by atoms with Crippen LogP contribution in [0.2, 0.25) is 0 Å². The lowest BCUT2D eigenvalue weighted by molar-refractivity contribution is -0.146. The zero-order valence-electron chi connectivity index (χ0n) is 15.2. The van der Waals surface area contributed by atoms with Gasteiger partial charge in [-0.15, -0.1) is 0 Å². The molecule has 0 bridgehead atoms. The fraction of sp³-hybridized carbons (Fsp3) is 0.238. The van der Waals surface area contributed by atoms with Crippen LogP contribution in [0.5, 0.6) is 0 Å². The number of para-hydroxylation sites is 1. The molecule has 1 atom stereocenters. The summed E-state index contributed by atoms with van der Waals surface area (Å²) in [6.45, 7) is 3.57. The third kappa shape index (κ3) is 4.11. The number of carbonyl (C=O) groups is 2. The van der Waals surface area contributed by atoms with Crippen molar-refractivity contribution in [3.63, 3.8) is 0 Å². The molecule has 0 aliphatic carbocycles. The first-order chi connectivity index (χ1) is 13.0. The van der Waals surface area contributed by atoms with E-state index >= 15 is 0 Å². The van der Waals surface area contributed by atoms with E-state index in [0.29, 0.717) is 16.5 Å². The average molecular weight is 364 g/mol. The zero-order chi connectivity index (χ0) is 19.4. The lowest BCUT2D eigenvalue weighted by atomic mass is 10.1. The Morgan fingerprint density at radius 2 is 1.85 bits per heavy atom. The van der Waals surface area contributed by atoms with Crippen molar-refractivity contribution in [2.75, 3.05) is 0 Å². The summed E-state index contributed by atoms with van der Waals surface area (Å²) in [5, 5.41) is 0.512. The smallest absolute Gasteiger partial charge is 0.308 e. The minimum absolute atomic E-state index is 0.0225. The third-order valence-corrected chi connectivity index (χ3v) is 4.35. The lowest BCUT2D eigenvalue weighted by Crippen LogP contribution is -2.26. The van der Waals surface area contributed by atoms with Crippen LogP contribution >= 0.6 is 0 Å². The molecule has 3 aromatic rings. The van der Waals surface area contributed by atoms with Gasteiger partial charge >= 0.3 is 5.97 Å². The molecule has 0 spiro atoms. The molecule has 0 fully saturated rings. The fourth-order valence-corrected chi connectivity index (χ4v) is 2.86. The summed E-state index contributed by atoms with van der Waals surface area (Å²) in [6, 6.07) is 14.1. The van der Waals surface area contributed by atoms with Crippen LogP contribution in [-0.2, 0) is 16.1 Å². The zero-order valence-corrected chi connectivity index (χ0v) is 15.2. The SMILES string of the molecule is Cc1cccc2c(=O)n(CCC(=O)OC(C)C(=O)c3ccccc3)cnc12. The highest BCUT2D eigenvalue weighted by Crippen LogP contribution is 2.11. The molecule has 0 radical (unpaired) electrons. The first-order valence-corrected chi connectivity index (χ1v) is 8.71. The van der Waals surface area contributed by atoms with E-state index in [-0.39, 0.29) is 24.3 Å². The number of hydrogen-bond acceptors (Lipinski definition) is 5. The lowest BCUT2D eigenvalue weighted by Gasteiger charge is -2.13. The van der Waals surface area contributed by atoms with Gasteiger partial charge in [-0.2, -0.15) is 0 Å². The Labute approximate surface area is 156 Å². The van der Waals surface area contributed by atoms with Crippen LogP contribution in [0.15, 0.2) is 59.7 Å². The Hall–Kier alpha value is -3.28. The van der Waals surface area contributed by atoms with Crippen LogP contribution in [0.4, 0.5) is 0 Å². The van der Waals surface area contributed by atoms with Gasteiger partial charge in [-0.1, -0.05) is 42.5 Å². The molecule has 3 rings (SSSR count). The van der Waals surface area contributed by atoms with Crippen molar-refractivity contribution in [1.29, 1.82) is 0 Å². The first-order valence-electron chi connectivity index (χ1n) is 8.71. The summed E-state index contributed by atoms with van der Waals surface area (Å²) < 4.78 is 6.59. The number of benzene rings is 2. The maximum absolute atomic E-state index is 12.5. The molecule has 0 saturated heterocycles. The van der Waals surface area contributed by atoms with E-state index in [4.69, 9.17) is 4.74 Å². The molecule has 2 aromatic carbocycles. The number of Topliss-reactive ketones (excluding diaryl/α,β-unsaturated/α-hetero) is 1. The van der Waals surface area contributed by atoms with E-state index in [9.17, 15) is 14.4 Å². The second-order valence-corrected chi connectivity index (χ2v) is 6.33. The van der Waals surface area contributed by atoms with Gasteiger partial charge in [0.25, 0.3) is 5.56 Å². The molecule has 27 heavy (non-hydrogen) atoms. The Bertz CT molecular complexity index is 1040. The number of carbonyl (C=O) groups excluding carboxylic acids is 2. The predicted octanol–water partition coefficient (Wildman–Crippen LogP) is 2.91. The first kappa shape index (κ1) is 18.5. The number of aromatic nitrogens is 2. The summed E-state index contributed by atoms with van der Waals surface area (Å²) in [7, 11) is 0. The molecule has 1 heterocycles. The molecule has 0 N–H and O–H groups in total. The molecule has 0 saturated carbocycles. The van der Waals surface area contributed by atoms with Crippen molar-refractivity contribution in [1.82, 2.24) is 9.55 Å². The highest BCUT2D eigenvalue weighted by molar-refractivity contribution is 6.00. The molecule has 0 aliphatic heterocycles. The highest BCUT2D eigenvalue weighted by Gasteiger charge is 2.19. The minimum atomic E-state index is -0.881. The number of hydrogen-bond donors (Lipinski definition) is 0. The molecule has 6 heteroatoms. The number of esters is 1. The topological polar surface area (TPSA) is 78.3 Å². The molecule has 0 aliphatic rings. The number of aryl methyl sites for hydroxylation is 2. The Morgan fingerprint density at radius 3 is 2.59 bits per heavy atom. The van der Waals surface area contributed by atoms with Gasteiger partial charge in [0, 0.05) is 12.1 Å². The molecule has 6 nitrogen and oxygen atoms in total. The molecule has 1 unspecified atom stereocenters. The van der Waals surface area contributed by atoms with Crippen molar-refractivity contribution in [2.24, 2.45) is 0 Å². The predicted molar refractivity (Wildman–Crippen MR) is 102 cm³/mol. The molecular formula is C21H20N2O4. The van der Waals surface area contributed by atoms with Crippen LogP contribution < -0.4 is 5.56 Å². The largest absolute Gasteiger partial charge is 0.454 e. The van der Waals surface area contributed by atoms with E-state index < -0.39 is 12.1 Å². The number of fused-ring (bicyclic) bond motifs is 1. The van der Waals surface area contributed by atoms with Gasteiger partial charge in [-0.05, 0) is 25.5 Å². The van der Waals surface area contributed by atoms with E-state index in [1.165, 1.54) is 10.9 Å². The van der Waals surface area contributed by atoms with Gasteiger partial charge in [0.2, 0.25) is 5.78 Å². The van der Waals surface area contributed by atoms with Crippen LogP contribution in [0.25, 0.3) is 10.9 Å². The van der Waals surface area contributed by atoms with Crippen molar-refractivity contribution < 1.29 is 14.3 Å². The highest BCUT2D eigenvalue weighted by atomic mass is 16.5. The number of ether oxygens (including phenoxy) is 1. The van der Waals surface area contributed by atoms with Crippen molar-refractivity contribution in [3.8, 4) is 0 Å². The summed E-state index contributed by atoms with van der Waals surface area (Å²) >= 11 is 0. The van der Waals surface area contributed by atoms with Crippen molar-refractivity contribution in [2.45, 2.75) is 32.9 Å². The minimum Gasteiger partial charge on any atom is -0.454 e. The number of rotatable bonds is 6. The van der Waals surface area contributed by atoms with Gasteiger partial charge in [0.1, 0.15) is 0 Å². The van der Waals surface area contributed by atoms with Crippen LogP contribution in [0.1, 0.15) is 29.3 Å². The number of ketones is 1. The second kappa shape index (κ2) is 7.95. The van der Waals surface area contributed by atoms with Crippen molar-refractivity contribution >= 4 is 22.7 Å². The maximum atomic E-state index is 12.5. The average Bonchev–Trinajstić information content (AvgIpc) is 2.68. The molecule has 1 aromatic heterocycles. The van der Waals surface area contributed by atoms with Crippen LogP contribution in [0.3, 0.4) is 0 Å². The van der Waals surface area contributed by atoms with Gasteiger partial charge in [0.05, 0.1) is 23.7 Å². The Morgan fingerprint density at radius 1 is 1.11 bits per heavy atom. The maximum Gasteiger partial charge on any atom is 0.308 e. The van der Waals surface area contributed by atoms with E-state index in [1.54, 1.807) is 43.3 Å². The van der Waals surface area contributed by atoms with Crippen LogP contribution in [-0.4, -0.2) is 27.4 Å². The quantitative estimate of drug-likeness (QED) is 0.496. The third-order valence-electron chi connectivity index (χ3n) is 4.35. The van der Waals surface area contributed by atoms with E-state index in [0.717, 1.165) is 5.56 Å². The summed E-state index contributed by atoms with van der Waals surface area (Å²) in [6.07, 6.45) is 0.531. The molecule has 0 amide bonds. The van der Waals surface area contributed by atoms with E-state index in [1.807, 2.05) is 19.1 Å². The van der Waals surface area contributed by atoms with Gasteiger partial charge in [-0.25, -0.2) is 4.98 Å². The molecular weight excluding hydrogens is 344 g/mol. The monoisotopic (exact) mass is 364 g/mol. The normalized spacial score (nSPS) is 11.9. The standard InChI is InChI=1S/C21H20N2O4/c1-14-7-6-10-17-19(14)22-13-23(21(17)26)12-11-18(24)27-15(2)20(25)16-8-4-3-5-9-16/h3-10,13,15H,11-12H2,1-2H3. The summed E-state index contributed by atoms with van der Waals surface area (Å²) in [5.74, 6) is -0.799. The van der Waals surface area contributed by atoms with Gasteiger partial charge in [0.15, 0.2) is 6.10 Å². The van der Waals surface area contributed by atoms with E-state index in [2.05, 4.69) is 4.98 Å². The van der Waals surface area contributed by atoms with Crippen LogP contribution in [0, 0.1) is 6.92 Å². The summed E-state index contributed by atoms with van der Waals surface area (Å²) in [5.41, 5.74) is 1.86. The van der Waals surface area contributed by atoms with Crippen molar-refractivity contribution in [3.05, 3.63) is 76.3 Å². The Kier molecular flexibility index (Phi) is 5.45. The van der Waals surface area contributed by atoms with Gasteiger partial charge < -0.3 is 4.74 Å². The second-order valence-electron chi connectivity index (χ2n) is 6.33. The number of nitrogens with zero attached hydrogens (tertiary/aromatic N) is 2. The summed E-state index contributed by atoms with van der Waals surface area (Å²) in [4.78, 5) is 41.2.